The highest BCUT2D eigenvalue weighted by atomic mass is 16.5. The average molecular weight is 304 g/mol. The zero-order chi connectivity index (χ0) is 16.5. The van der Waals surface area contributed by atoms with Crippen molar-refractivity contribution in [3.63, 3.8) is 0 Å². The zero-order valence-electron chi connectivity index (χ0n) is 15.3. The van der Waals surface area contributed by atoms with Gasteiger partial charge in [-0.05, 0) is 44.7 Å². The van der Waals surface area contributed by atoms with Crippen molar-refractivity contribution in [2.45, 2.75) is 72.0 Å². The summed E-state index contributed by atoms with van der Waals surface area (Å²) >= 11 is 0. The minimum absolute atomic E-state index is 0.198. The van der Waals surface area contributed by atoms with E-state index in [1.54, 1.807) is 7.11 Å². The molecular weight excluding hydrogens is 272 g/mol. The first-order valence-corrected chi connectivity index (χ1v) is 8.52. The number of methoxy groups -OCH3 is 1. The fraction of sp³-hybridized carbons (Fsp3) is 0.684. The van der Waals surface area contributed by atoms with E-state index in [2.05, 4.69) is 63.9 Å². The summed E-state index contributed by atoms with van der Waals surface area (Å²) in [5.74, 6) is 1.58. The fourth-order valence-corrected chi connectivity index (χ4v) is 3.80. The lowest BCUT2D eigenvalue weighted by atomic mass is 9.79. The third-order valence-corrected chi connectivity index (χ3v) is 4.80. The molecule has 0 aromatic heterocycles. The molecule has 0 spiro atoms. The lowest BCUT2D eigenvalue weighted by Crippen LogP contribution is -2.48. The molecule has 1 aromatic carbocycles. The molecule has 22 heavy (non-hydrogen) atoms. The molecule has 1 N–H and O–H groups in total. The van der Waals surface area contributed by atoms with Gasteiger partial charge in [-0.25, -0.2) is 0 Å². The monoisotopic (exact) mass is 304 g/mol. The Morgan fingerprint density at radius 3 is 2.59 bits per heavy atom. The van der Waals surface area contributed by atoms with E-state index in [0.29, 0.717) is 12.0 Å². The van der Waals surface area contributed by atoms with E-state index in [9.17, 15) is 0 Å². The van der Waals surface area contributed by atoms with E-state index in [-0.39, 0.29) is 5.54 Å². The second-order valence-electron chi connectivity index (χ2n) is 7.42. The molecule has 1 atom stereocenters. The molecule has 3 nitrogen and oxygen atoms in total. The number of fused-ring (bicyclic) bond motifs is 1. The van der Waals surface area contributed by atoms with Gasteiger partial charge in [-0.1, -0.05) is 20.8 Å². The van der Waals surface area contributed by atoms with Crippen molar-refractivity contribution < 1.29 is 4.74 Å². The van der Waals surface area contributed by atoms with Gasteiger partial charge in [-0.2, -0.15) is 0 Å². The SMILES string of the molecule is CCN1c2cc(OC)c(CNC(C)C)cc2C(C)CC1(C)C. The van der Waals surface area contributed by atoms with Crippen LogP contribution in [0.25, 0.3) is 0 Å². The second kappa shape index (κ2) is 6.49. The first-order chi connectivity index (χ1) is 10.3. The molecule has 0 saturated carbocycles. The van der Waals surface area contributed by atoms with Crippen LogP contribution < -0.4 is 15.0 Å². The Hall–Kier alpha value is -1.22. The Morgan fingerprint density at radius 2 is 2.05 bits per heavy atom. The Kier molecular flexibility index (Phi) is 5.06. The Bertz CT molecular complexity index is 522. The molecule has 0 radical (unpaired) electrons. The van der Waals surface area contributed by atoms with Crippen LogP contribution in [0.2, 0.25) is 0 Å². The molecular formula is C19H32N2O. The largest absolute Gasteiger partial charge is 0.496 e. The van der Waals surface area contributed by atoms with Crippen LogP contribution in [-0.4, -0.2) is 25.2 Å². The second-order valence-corrected chi connectivity index (χ2v) is 7.42. The summed E-state index contributed by atoms with van der Waals surface area (Å²) in [7, 11) is 1.77. The molecule has 1 unspecified atom stereocenters. The van der Waals surface area contributed by atoms with Gasteiger partial charge in [-0.15, -0.1) is 0 Å². The van der Waals surface area contributed by atoms with Crippen molar-refractivity contribution >= 4 is 5.69 Å². The summed E-state index contributed by atoms with van der Waals surface area (Å²) in [6.07, 6.45) is 1.19. The molecule has 0 fully saturated rings. The van der Waals surface area contributed by atoms with Gasteiger partial charge in [0.05, 0.1) is 7.11 Å². The Morgan fingerprint density at radius 1 is 1.36 bits per heavy atom. The number of hydrogen-bond acceptors (Lipinski definition) is 3. The van der Waals surface area contributed by atoms with Crippen LogP contribution in [0.4, 0.5) is 5.69 Å². The summed E-state index contributed by atoms with van der Waals surface area (Å²) in [5, 5.41) is 3.51. The Labute approximate surface area is 136 Å². The summed E-state index contributed by atoms with van der Waals surface area (Å²) in [6.45, 7) is 15.5. The van der Waals surface area contributed by atoms with Gasteiger partial charge in [0.25, 0.3) is 0 Å². The Balaban J connectivity index is 2.47. The molecule has 0 saturated heterocycles. The maximum absolute atomic E-state index is 5.67. The van der Waals surface area contributed by atoms with Crippen molar-refractivity contribution in [1.29, 1.82) is 0 Å². The average Bonchev–Trinajstić information content (AvgIpc) is 2.43. The molecule has 1 aromatic rings. The van der Waals surface area contributed by atoms with E-state index < -0.39 is 0 Å². The van der Waals surface area contributed by atoms with Gasteiger partial charge in [-0.3, -0.25) is 0 Å². The van der Waals surface area contributed by atoms with Gasteiger partial charge in [0, 0.05) is 42.0 Å². The van der Waals surface area contributed by atoms with Crippen LogP contribution in [0.5, 0.6) is 5.75 Å². The number of ether oxygens (including phenoxy) is 1. The zero-order valence-corrected chi connectivity index (χ0v) is 15.3. The summed E-state index contributed by atoms with van der Waals surface area (Å²) in [6, 6.07) is 5.07. The van der Waals surface area contributed by atoms with Crippen LogP contribution >= 0.6 is 0 Å². The van der Waals surface area contributed by atoms with E-state index in [0.717, 1.165) is 18.8 Å². The molecule has 2 rings (SSSR count). The molecule has 3 heteroatoms. The van der Waals surface area contributed by atoms with Gasteiger partial charge >= 0.3 is 0 Å². The smallest absolute Gasteiger partial charge is 0.125 e. The van der Waals surface area contributed by atoms with Crippen molar-refractivity contribution in [2.24, 2.45) is 0 Å². The lowest BCUT2D eigenvalue weighted by Gasteiger charge is -2.47. The topological polar surface area (TPSA) is 24.5 Å². The van der Waals surface area contributed by atoms with E-state index in [4.69, 9.17) is 4.74 Å². The highest BCUT2D eigenvalue weighted by Crippen LogP contribution is 2.45. The summed E-state index contributed by atoms with van der Waals surface area (Å²) in [5.41, 5.74) is 4.26. The van der Waals surface area contributed by atoms with Crippen molar-refractivity contribution in [3.05, 3.63) is 23.3 Å². The van der Waals surface area contributed by atoms with Gasteiger partial charge in [0.1, 0.15) is 5.75 Å². The molecule has 1 aliphatic heterocycles. The van der Waals surface area contributed by atoms with Crippen LogP contribution in [-0.2, 0) is 6.54 Å². The fourth-order valence-electron chi connectivity index (χ4n) is 3.80. The van der Waals surface area contributed by atoms with Gasteiger partial charge < -0.3 is 15.0 Å². The van der Waals surface area contributed by atoms with E-state index >= 15 is 0 Å². The highest BCUT2D eigenvalue weighted by molar-refractivity contribution is 5.64. The van der Waals surface area contributed by atoms with Gasteiger partial charge in [0.2, 0.25) is 0 Å². The quantitative estimate of drug-likeness (QED) is 0.877. The maximum atomic E-state index is 5.67. The van der Waals surface area contributed by atoms with Gasteiger partial charge in [0.15, 0.2) is 0 Å². The van der Waals surface area contributed by atoms with Crippen LogP contribution in [0, 0.1) is 0 Å². The maximum Gasteiger partial charge on any atom is 0.125 e. The number of rotatable bonds is 5. The first kappa shape index (κ1) is 17.1. The van der Waals surface area contributed by atoms with E-state index in [1.807, 2.05) is 0 Å². The minimum atomic E-state index is 0.198. The lowest BCUT2D eigenvalue weighted by molar-refractivity contribution is 0.376. The molecule has 0 amide bonds. The number of nitrogens with zero attached hydrogens (tertiary/aromatic N) is 1. The van der Waals surface area contributed by atoms with Crippen LogP contribution in [0.3, 0.4) is 0 Å². The molecule has 124 valence electrons. The summed E-state index contributed by atoms with van der Waals surface area (Å²) < 4.78 is 5.67. The predicted molar refractivity (Wildman–Crippen MR) is 95.1 cm³/mol. The first-order valence-electron chi connectivity index (χ1n) is 8.52. The molecule has 1 heterocycles. The highest BCUT2D eigenvalue weighted by Gasteiger charge is 2.36. The molecule has 0 bridgehead atoms. The number of hydrogen-bond donors (Lipinski definition) is 1. The molecule has 1 aliphatic rings. The number of nitrogens with one attached hydrogen (secondary N) is 1. The summed E-state index contributed by atoms with van der Waals surface area (Å²) in [4.78, 5) is 2.52. The van der Waals surface area contributed by atoms with Crippen molar-refractivity contribution in [2.75, 3.05) is 18.6 Å². The van der Waals surface area contributed by atoms with Crippen molar-refractivity contribution in [3.8, 4) is 5.75 Å². The minimum Gasteiger partial charge on any atom is -0.496 e. The normalized spacial score (nSPS) is 20.2. The number of benzene rings is 1. The number of anilines is 1. The van der Waals surface area contributed by atoms with Crippen molar-refractivity contribution in [1.82, 2.24) is 5.32 Å². The van der Waals surface area contributed by atoms with E-state index in [1.165, 1.54) is 23.2 Å². The third kappa shape index (κ3) is 3.24. The third-order valence-electron chi connectivity index (χ3n) is 4.80. The molecule has 0 aliphatic carbocycles. The van der Waals surface area contributed by atoms with Crippen LogP contribution in [0.1, 0.15) is 65.0 Å². The predicted octanol–water partition coefficient (Wildman–Crippen LogP) is 4.31. The van der Waals surface area contributed by atoms with Crippen LogP contribution in [0.15, 0.2) is 12.1 Å². The standard InChI is InChI=1S/C19H32N2O/c1-8-21-17-10-18(22-7)15(12-20-13(2)3)9-16(17)14(4)11-19(21,5)6/h9-10,13-14,20H,8,11-12H2,1-7H3.